The molecular weight excluding hydrogens is 578 g/mol. The van der Waals surface area contributed by atoms with Crippen LogP contribution in [0, 0.1) is 19.8 Å². The Morgan fingerprint density at radius 3 is 2.58 bits per heavy atom. The van der Waals surface area contributed by atoms with Crippen molar-refractivity contribution in [1.29, 1.82) is 0 Å². The van der Waals surface area contributed by atoms with Crippen LogP contribution in [0.25, 0.3) is 5.69 Å². The summed E-state index contributed by atoms with van der Waals surface area (Å²) in [5, 5.41) is 23.5. The molecule has 45 heavy (non-hydrogen) atoms. The van der Waals surface area contributed by atoms with Crippen molar-refractivity contribution in [1.82, 2.24) is 44.5 Å². The maximum Gasteiger partial charge on any atom is 0.290 e. The summed E-state index contributed by atoms with van der Waals surface area (Å²) in [6.45, 7) is 6.79. The lowest BCUT2D eigenvalue weighted by Crippen LogP contribution is -2.39. The van der Waals surface area contributed by atoms with E-state index < -0.39 is 0 Å². The highest BCUT2D eigenvalue weighted by Gasteiger charge is 2.37. The molecule has 1 saturated heterocycles. The van der Waals surface area contributed by atoms with Gasteiger partial charge in [-0.25, -0.2) is 9.36 Å². The molecule has 2 aliphatic heterocycles. The zero-order chi connectivity index (χ0) is 32.1. The summed E-state index contributed by atoms with van der Waals surface area (Å²) >= 11 is 0. The number of para-hydroxylation sites is 1. The Morgan fingerprint density at radius 2 is 1.82 bits per heavy atom. The Hall–Kier alpha value is -5.11. The van der Waals surface area contributed by atoms with Crippen LogP contribution < -0.4 is 10.9 Å². The molecule has 0 spiro atoms. The smallest absolute Gasteiger partial charge is 0.290 e. The number of carbonyl (C=O) groups is 3. The van der Waals surface area contributed by atoms with Gasteiger partial charge < -0.3 is 19.9 Å². The third kappa shape index (κ3) is 6.85. The number of nitrogens with one attached hydrogen (secondary N) is 1. The number of aryl methyl sites for hydroxylation is 1. The van der Waals surface area contributed by atoms with Crippen LogP contribution >= 0.6 is 0 Å². The van der Waals surface area contributed by atoms with Crippen LogP contribution in [0.4, 0.5) is 0 Å². The average Bonchev–Trinajstić information content (AvgIpc) is 3.72. The SMILES string of the molecule is Cc1nn(-c2ccccc2)c(C)c1CN1C[C@@H]2CC(=O)NCCN(C)C(=O)c3cccn(c3=O)Cc3cn(nn3)[C@@H]2C1.O=CO. The Morgan fingerprint density at radius 1 is 1.07 bits per heavy atom. The van der Waals surface area contributed by atoms with Crippen molar-refractivity contribution >= 4 is 18.3 Å². The van der Waals surface area contributed by atoms with Crippen LogP contribution in [0.15, 0.2) is 59.7 Å². The summed E-state index contributed by atoms with van der Waals surface area (Å²) in [7, 11) is 1.63. The molecule has 4 aromatic rings. The number of likely N-dealkylation sites (N-methyl/N-ethyl adjacent to an activating group) is 1. The lowest BCUT2D eigenvalue weighted by molar-refractivity contribution is -0.123. The number of fused-ring (bicyclic) bond motifs is 6. The van der Waals surface area contributed by atoms with Gasteiger partial charge in [0, 0.05) is 69.6 Å². The van der Waals surface area contributed by atoms with Crippen LogP contribution in [0.2, 0.25) is 0 Å². The molecule has 2 atom stereocenters. The lowest BCUT2D eigenvalue weighted by atomic mass is 9.99. The second kappa shape index (κ2) is 13.7. The highest BCUT2D eigenvalue weighted by atomic mass is 16.3. The molecule has 0 saturated carbocycles. The number of hydrogen-bond acceptors (Lipinski definition) is 8. The van der Waals surface area contributed by atoms with Gasteiger partial charge in [0.25, 0.3) is 17.9 Å². The highest BCUT2D eigenvalue weighted by Crippen LogP contribution is 2.32. The first-order valence-electron chi connectivity index (χ1n) is 14.7. The van der Waals surface area contributed by atoms with Crippen LogP contribution in [-0.2, 0) is 22.7 Å². The van der Waals surface area contributed by atoms with E-state index in [-0.39, 0.29) is 47.9 Å². The number of aromatic nitrogens is 6. The number of carboxylic acid groups (broad SMARTS) is 1. The maximum atomic E-state index is 13.1. The highest BCUT2D eigenvalue weighted by molar-refractivity contribution is 5.93. The molecule has 1 aromatic carbocycles. The number of carbonyl (C=O) groups excluding carboxylic acids is 2. The van der Waals surface area contributed by atoms with Gasteiger partial charge in [-0.2, -0.15) is 5.10 Å². The normalized spacial score (nSPS) is 19.0. The van der Waals surface area contributed by atoms with Gasteiger partial charge >= 0.3 is 0 Å². The van der Waals surface area contributed by atoms with E-state index in [9.17, 15) is 14.4 Å². The predicted molar refractivity (Wildman–Crippen MR) is 164 cm³/mol. The molecule has 14 nitrogen and oxygen atoms in total. The zero-order valence-corrected chi connectivity index (χ0v) is 25.5. The van der Waals surface area contributed by atoms with Crippen LogP contribution in [0.5, 0.6) is 0 Å². The maximum absolute atomic E-state index is 13.1. The monoisotopic (exact) mass is 615 g/mol. The second-order valence-corrected chi connectivity index (χ2v) is 11.3. The second-order valence-electron chi connectivity index (χ2n) is 11.3. The molecule has 5 heterocycles. The van der Waals surface area contributed by atoms with E-state index in [1.807, 2.05) is 52.8 Å². The van der Waals surface area contributed by atoms with Crippen LogP contribution in [0.3, 0.4) is 0 Å². The van der Waals surface area contributed by atoms with Crippen molar-refractivity contribution in [3.8, 4) is 5.69 Å². The topological polar surface area (TPSA) is 160 Å². The third-order valence-corrected chi connectivity index (χ3v) is 8.35. The number of nitrogens with zero attached hydrogens (tertiary/aromatic N) is 8. The predicted octanol–water partition coefficient (Wildman–Crippen LogP) is 1.26. The van der Waals surface area contributed by atoms with Gasteiger partial charge in [0.05, 0.1) is 30.2 Å². The summed E-state index contributed by atoms with van der Waals surface area (Å²) in [4.78, 5) is 51.3. The standard InChI is InChI=1S/C30H35N9O3.CH2O2/c1-20-26(21(2)39(33-20)24-8-5-4-6-9-24)18-36-15-22-14-28(40)31-11-13-35(3)29(41)25-10-7-12-37(30(25)42)16-23-17-38(34-32-23)27(22)19-36;2-1-3/h4-10,12,17,22,27H,11,13-16,18-19H2,1-3H3,(H,31,40);1H,(H,2,3)/t22-,27+;/m0./s1. The first-order valence-corrected chi connectivity index (χ1v) is 14.7. The number of pyridine rings is 1. The zero-order valence-electron chi connectivity index (χ0n) is 25.5. The molecule has 6 rings (SSSR count). The van der Waals surface area contributed by atoms with Crippen LogP contribution in [0.1, 0.15) is 45.5 Å². The van der Waals surface area contributed by atoms with E-state index in [1.54, 1.807) is 19.3 Å². The van der Waals surface area contributed by atoms with Crippen molar-refractivity contribution in [3.63, 3.8) is 0 Å². The minimum absolute atomic E-state index is 0.00245. The van der Waals surface area contributed by atoms with Gasteiger partial charge in [-0.15, -0.1) is 5.10 Å². The molecule has 4 bridgehead atoms. The van der Waals surface area contributed by atoms with E-state index in [1.165, 1.54) is 21.1 Å². The first-order chi connectivity index (χ1) is 21.7. The number of amides is 2. The first kappa shape index (κ1) is 31.3. The van der Waals surface area contributed by atoms with Gasteiger partial charge in [-0.1, -0.05) is 23.4 Å². The van der Waals surface area contributed by atoms with Gasteiger partial charge in [0.1, 0.15) is 11.3 Å². The van der Waals surface area contributed by atoms with Crippen molar-refractivity contribution < 1.29 is 19.5 Å². The van der Waals surface area contributed by atoms with Gasteiger partial charge in [-0.3, -0.25) is 24.1 Å². The number of benzene rings is 1. The molecule has 3 aromatic heterocycles. The Kier molecular flexibility index (Phi) is 9.52. The molecule has 2 aliphatic rings. The summed E-state index contributed by atoms with van der Waals surface area (Å²) in [6, 6.07) is 13.2. The molecule has 236 valence electrons. The fourth-order valence-corrected chi connectivity index (χ4v) is 6.05. The Labute approximate surface area is 259 Å². The summed E-state index contributed by atoms with van der Waals surface area (Å²) in [5.41, 5.74) is 4.58. The van der Waals surface area contributed by atoms with Crippen molar-refractivity contribution in [2.45, 2.75) is 39.4 Å². The molecule has 0 radical (unpaired) electrons. The molecule has 1 fully saturated rings. The van der Waals surface area contributed by atoms with E-state index >= 15 is 0 Å². The van der Waals surface area contributed by atoms with Crippen LogP contribution in [-0.4, -0.2) is 95.8 Å². The van der Waals surface area contributed by atoms with E-state index in [0.717, 1.165) is 17.1 Å². The molecule has 0 aliphatic carbocycles. The largest absolute Gasteiger partial charge is 0.483 e. The lowest BCUT2D eigenvalue weighted by Gasteiger charge is -2.20. The van der Waals surface area contributed by atoms with E-state index in [2.05, 4.69) is 27.5 Å². The van der Waals surface area contributed by atoms with Crippen molar-refractivity contribution in [2.75, 3.05) is 33.2 Å². The van der Waals surface area contributed by atoms with Crippen molar-refractivity contribution in [2.24, 2.45) is 5.92 Å². The number of rotatable bonds is 3. The fraction of sp³-hybridized carbons (Fsp3) is 0.387. The van der Waals surface area contributed by atoms with Crippen molar-refractivity contribution in [3.05, 3.63) is 93.4 Å². The van der Waals surface area contributed by atoms with Gasteiger partial charge in [0.15, 0.2) is 0 Å². The minimum Gasteiger partial charge on any atom is -0.483 e. The van der Waals surface area contributed by atoms with E-state index in [0.29, 0.717) is 44.8 Å². The van der Waals surface area contributed by atoms with Gasteiger partial charge in [0.2, 0.25) is 5.91 Å². The van der Waals surface area contributed by atoms with E-state index in [4.69, 9.17) is 15.0 Å². The quantitative estimate of drug-likeness (QED) is 0.323. The Bertz CT molecular complexity index is 1730. The molecule has 2 amide bonds. The summed E-state index contributed by atoms with van der Waals surface area (Å²) in [6.07, 6.45) is 3.83. The minimum atomic E-state index is -0.383. The molecule has 14 heteroatoms. The van der Waals surface area contributed by atoms with Gasteiger partial charge in [-0.05, 0) is 38.1 Å². The number of hydrogen-bond donors (Lipinski definition) is 2. The average molecular weight is 616 g/mol. The Balaban J connectivity index is 0.00000128. The molecular formula is C31H37N9O5. The number of likely N-dealkylation sites (tertiary alicyclic amines) is 1. The molecule has 0 unspecified atom stereocenters. The molecule has 2 N–H and O–H groups in total. The summed E-state index contributed by atoms with van der Waals surface area (Å²) in [5.74, 6) is -0.457. The third-order valence-electron chi connectivity index (χ3n) is 8.35. The fourth-order valence-electron chi connectivity index (χ4n) is 6.05. The summed E-state index contributed by atoms with van der Waals surface area (Å²) < 4.78 is 5.30.